The number of hydrogen-bond acceptors (Lipinski definition) is 4. The molecule has 1 aliphatic heterocycles. The lowest BCUT2D eigenvalue weighted by atomic mass is 10.0. The Balaban J connectivity index is 1.79. The molecule has 1 saturated heterocycles. The van der Waals surface area contributed by atoms with Crippen LogP contribution in [0.1, 0.15) is 48.7 Å². The molecule has 2 aromatic carbocycles. The number of carbonyl (C=O) groups excluding carboxylic acids is 1. The summed E-state index contributed by atoms with van der Waals surface area (Å²) in [5, 5.41) is 3.09. The fourth-order valence-electron chi connectivity index (χ4n) is 3.46. The average Bonchev–Trinajstić information content (AvgIpc) is 2.74. The number of amides is 1. The van der Waals surface area contributed by atoms with Crippen LogP contribution in [0.3, 0.4) is 0 Å². The predicted octanol–water partition coefficient (Wildman–Crippen LogP) is 4.26. The Bertz CT molecular complexity index is 1000. The average molecular weight is 451 g/mol. The smallest absolute Gasteiger partial charge is 0.253 e. The van der Waals surface area contributed by atoms with Crippen molar-refractivity contribution in [2.24, 2.45) is 5.92 Å². The second-order valence-corrected chi connectivity index (χ2v) is 10.0. The minimum Gasteiger partial charge on any atom is -0.497 e. The van der Waals surface area contributed by atoms with E-state index in [1.165, 1.54) is 22.5 Å². The topological polar surface area (TPSA) is 75.7 Å². The third kappa shape index (κ3) is 4.96. The summed E-state index contributed by atoms with van der Waals surface area (Å²) in [6, 6.07) is 11.4. The number of hydrogen-bond donors (Lipinski definition) is 1. The number of carbonyl (C=O) groups is 1. The van der Waals surface area contributed by atoms with E-state index in [1.54, 1.807) is 7.11 Å². The maximum absolute atomic E-state index is 13.0. The Labute approximate surface area is 183 Å². The number of ether oxygens (including phenoxy) is 1. The first-order valence-corrected chi connectivity index (χ1v) is 11.8. The molecule has 1 aliphatic rings. The fraction of sp³-hybridized carbons (Fsp3) is 0.409. The van der Waals surface area contributed by atoms with Gasteiger partial charge in [-0.15, -0.1) is 0 Å². The Morgan fingerprint density at radius 2 is 1.80 bits per heavy atom. The van der Waals surface area contributed by atoms with Gasteiger partial charge < -0.3 is 10.1 Å². The largest absolute Gasteiger partial charge is 0.497 e. The van der Waals surface area contributed by atoms with Gasteiger partial charge in [0.15, 0.2) is 0 Å². The van der Waals surface area contributed by atoms with Crippen LogP contribution in [0.25, 0.3) is 0 Å². The third-order valence-corrected chi connectivity index (χ3v) is 7.75. The van der Waals surface area contributed by atoms with E-state index >= 15 is 0 Å². The molecule has 0 bridgehead atoms. The standard InChI is InChI=1S/C22H27ClN2O4S/c1-15-10-12-25(13-11-15)30(27,28)19-8-9-21(23)20(14-19)22(26)24-16(2)17-4-6-18(29-3)7-5-17/h4-9,14-16H,10-13H2,1-3H3,(H,24,26). The van der Waals surface area contributed by atoms with Crippen LogP contribution < -0.4 is 10.1 Å². The van der Waals surface area contributed by atoms with Gasteiger partial charge in [-0.1, -0.05) is 30.7 Å². The lowest BCUT2D eigenvalue weighted by Gasteiger charge is -2.29. The van der Waals surface area contributed by atoms with Crippen molar-refractivity contribution in [2.75, 3.05) is 20.2 Å². The zero-order valence-electron chi connectivity index (χ0n) is 17.4. The normalized spacial score (nSPS) is 16.8. The van der Waals surface area contributed by atoms with Crippen molar-refractivity contribution >= 4 is 27.5 Å². The summed E-state index contributed by atoms with van der Waals surface area (Å²) >= 11 is 6.23. The number of nitrogens with one attached hydrogen (secondary N) is 1. The van der Waals surface area contributed by atoms with Gasteiger partial charge in [0.1, 0.15) is 5.75 Å². The zero-order valence-corrected chi connectivity index (χ0v) is 19.0. The molecule has 30 heavy (non-hydrogen) atoms. The number of methoxy groups -OCH3 is 1. The summed E-state index contributed by atoms with van der Waals surface area (Å²) in [4.78, 5) is 12.9. The lowest BCUT2D eigenvalue weighted by molar-refractivity contribution is 0.0940. The Hall–Kier alpha value is -2.09. The number of benzene rings is 2. The van der Waals surface area contributed by atoms with Crippen molar-refractivity contribution in [3.8, 4) is 5.75 Å². The van der Waals surface area contributed by atoms with Crippen molar-refractivity contribution in [3.05, 3.63) is 58.6 Å². The number of nitrogens with zero attached hydrogens (tertiary/aromatic N) is 1. The van der Waals surface area contributed by atoms with Crippen molar-refractivity contribution in [1.82, 2.24) is 9.62 Å². The molecule has 162 valence electrons. The maximum atomic E-state index is 13.0. The molecule has 3 rings (SSSR count). The molecule has 1 fully saturated rings. The molecule has 0 radical (unpaired) electrons. The quantitative estimate of drug-likeness (QED) is 0.713. The van der Waals surface area contributed by atoms with Crippen LogP contribution in [0.15, 0.2) is 47.4 Å². The second kappa shape index (κ2) is 9.37. The van der Waals surface area contributed by atoms with E-state index in [9.17, 15) is 13.2 Å². The van der Waals surface area contributed by atoms with Gasteiger partial charge in [-0.25, -0.2) is 8.42 Å². The summed E-state index contributed by atoms with van der Waals surface area (Å²) in [5.74, 6) is 0.820. The first-order valence-electron chi connectivity index (χ1n) is 9.97. The molecule has 1 atom stereocenters. The van der Waals surface area contributed by atoms with Gasteiger partial charge in [-0.3, -0.25) is 4.79 Å². The third-order valence-electron chi connectivity index (χ3n) is 5.53. The lowest BCUT2D eigenvalue weighted by Crippen LogP contribution is -2.38. The van der Waals surface area contributed by atoms with Gasteiger partial charge >= 0.3 is 0 Å². The van der Waals surface area contributed by atoms with Crippen molar-refractivity contribution < 1.29 is 17.9 Å². The van der Waals surface area contributed by atoms with Crippen LogP contribution in [0.4, 0.5) is 0 Å². The van der Waals surface area contributed by atoms with Gasteiger partial charge in [0.25, 0.3) is 5.91 Å². The van der Waals surface area contributed by atoms with E-state index < -0.39 is 15.9 Å². The summed E-state index contributed by atoms with van der Waals surface area (Å²) in [5.41, 5.74) is 1.04. The minimum absolute atomic E-state index is 0.0868. The van der Waals surface area contributed by atoms with Crippen LogP contribution in [0.5, 0.6) is 5.75 Å². The van der Waals surface area contributed by atoms with Gasteiger partial charge in [0.05, 0.1) is 28.6 Å². The number of rotatable bonds is 6. The molecule has 1 unspecified atom stereocenters. The van der Waals surface area contributed by atoms with Crippen LogP contribution in [-0.4, -0.2) is 38.8 Å². The van der Waals surface area contributed by atoms with E-state index in [4.69, 9.17) is 16.3 Å². The molecule has 0 aliphatic carbocycles. The summed E-state index contributed by atoms with van der Waals surface area (Å²) < 4.78 is 32.7. The fourth-order valence-corrected chi connectivity index (χ4v) is 5.16. The van der Waals surface area contributed by atoms with E-state index in [-0.39, 0.29) is 21.5 Å². The van der Waals surface area contributed by atoms with Gasteiger partial charge in [-0.2, -0.15) is 4.31 Å². The highest BCUT2D eigenvalue weighted by Gasteiger charge is 2.29. The highest BCUT2D eigenvalue weighted by Crippen LogP contribution is 2.27. The first-order chi connectivity index (χ1) is 14.2. The molecule has 8 heteroatoms. The summed E-state index contributed by atoms with van der Waals surface area (Å²) in [7, 11) is -2.07. The summed E-state index contributed by atoms with van der Waals surface area (Å²) in [6.45, 7) is 4.95. The monoisotopic (exact) mass is 450 g/mol. The highest BCUT2D eigenvalue weighted by molar-refractivity contribution is 7.89. The molecule has 2 aromatic rings. The molecule has 1 amide bonds. The Morgan fingerprint density at radius 3 is 2.40 bits per heavy atom. The zero-order chi connectivity index (χ0) is 21.9. The van der Waals surface area contributed by atoms with Crippen LogP contribution in [0, 0.1) is 5.92 Å². The number of sulfonamides is 1. The maximum Gasteiger partial charge on any atom is 0.253 e. The predicted molar refractivity (Wildman–Crippen MR) is 117 cm³/mol. The molecular weight excluding hydrogens is 424 g/mol. The van der Waals surface area contributed by atoms with E-state index in [2.05, 4.69) is 12.2 Å². The second-order valence-electron chi connectivity index (χ2n) is 7.70. The molecule has 6 nitrogen and oxygen atoms in total. The van der Waals surface area contributed by atoms with Crippen LogP contribution in [-0.2, 0) is 10.0 Å². The molecule has 0 aromatic heterocycles. The van der Waals surface area contributed by atoms with Crippen molar-refractivity contribution in [2.45, 2.75) is 37.6 Å². The van der Waals surface area contributed by atoms with Crippen LogP contribution in [0.2, 0.25) is 5.02 Å². The Morgan fingerprint density at radius 1 is 1.17 bits per heavy atom. The van der Waals surface area contributed by atoms with E-state index in [1.807, 2.05) is 31.2 Å². The molecule has 1 heterocycles. The molecule has 0 saturated carbocycles. The summed E-state index contributed by atoms with van der Waals surface area (Å²) in [6.07, 6.45) is 1.67. The van der Waals surface area contributed by atoms with Crippen molar-refractivity contribution in [3.63, 3.8) is 0 Å². The van der Waals surface area contributed by atoms with E-state index in [0.29, 0.717) is 19.0 Å². The molecular formula is C22H27ClN2O4S. The van der Waals surface area contributed by atoms with Crippen LogP contribution >= 0.6 is 11.6 Å². The molecule has 0 spiro atoms. The number of halogens is 1. The van der Waals surface area contributed by atoms with Gasteiger partial charge in [0, 0.05) is 13.1 Å². The van der Waals surface area contributed by atoms with Gasteiger partial charge in [0.2, 0.25) is 10.0 Å². The van der Waals surface area contributed by atoms with Crippen molar-refractivity contribution in [1.29, 1.82) is 0 Å². The number of piperidine rings is 1. The highest BCUT2D eigenvalue weighted by atomic mass is 35.5. The molecule has 1 N–H and O–H groups in total. The first kappa shape index (κ1) is 22.6. The minimum atomic E-state index is -3.67. The SMILES string of the molecule is COc1ccc(C(C)NC(=O)c2cc(S(=O)(=O)N3CCC(C)CC3)ccc2Cl)cc1. The van der Waals surface area contributed by atoms with E-state index in [0.717, 1.165) is 24.2 Å². The Kier molecular flexibility index (Phi) is 7.06. The van der Waals surface area contributed by atoms with Gasteiger partial charge in [-0.05, 0) is 61.6 Å².